The van der Waals surface area contributed by atoms with Gasteiger partial charge < -0.3 is 0 Å². The zero-order chi connectivity index (χ0) is 21.6. The number of amides is 1. The molecule has 1 aliphatic heterocycles. The summed E-state index contributed by atoms with van der Waals surface area (Å²) in [5.41, 5.74) is -1.16. The number of nitrogens with one attached hydrogen (secondary N) is 1. The molecule has 1 heterocycles. The molecular formula is C17H32NO8PS. The number of rotatable bonds is 8. The van der Waals surface area contributed by atoms with Crippen LogP contribution in [0.5, 0.6) is 0 Å². The molecule has 0 radical (unpaired) electrons. The van der Waals surface area contributed by atoms with Crippen LogP contribution in [0.3, 0.4) is 0 Å². The van der Waals surface area contributed by atoms with E-state index in [-0.39, 0.29) is 31.3 Å². The third-order valence-corrected chi connectivity index (χ3v) is 6.77. The van der Waals surface area contributed by atoms with E-state index in [0.29, 0.717) is 5.75 Å². The van der Waals surface area contributed by atoms with Crippen molar-refractivity contribution >= 4 is 36.9 Å². The summed E-state index contributed by atoms with van der Waals surface area (Å²) in [6.45, 7) is 9.21. The van der Waals surface area contributed by atoms with E-state index in [1.54, 1.807) is 13.8 Å². The molecule has 9 nitrogen and oxygen atoms in total. The Morgan fingerprint density at radius 3 is 2.54 bits per heavy atom. The van der Waals surface area contributed by atoms with Gasteiger partial charge >= 0.3 is 170 Å². The predicted molar refractivity (Wildman–Crippen MR) is 108 cm³/mol. The predicted octanol–water partition coefficient (Wildman–Crippen LogP) is 1.83. The number of esters is 1. The van der Waals surface area contributed by atoms with Crippen LogP contribution in [0.25, 0.3) is 0 Å². The van der Waals surface area contributed by atoms with E-state index >= 15 is 0 Å². The first-order valence-corrected chi connectivity index (χ1v) is 11.7. The van der Waals surface area contributed by atoms with E-state index in [9.17, 15) is 19.3 Å². The van der Waals surface area contributed by atoms with Gasteiger partial charge in [0, 0.05) is 0 Å². The average Bonchev–Trinajstić information content (AvgIpc) is 2.60. The van der Waals surface area contributed by atoms with Gasteiger partial charge in [-0.2, -0.15) is 0 Å². The number of hydrogen-bond donors (Lipinski definition) is 2. The minimum absolute atomic E-state index is 0.0132. The summed E-state index contributed by atoms with van der Waals surface area (Å²) in [5.74, 6) is -0.578. The number of methoxy groups -OCH3 is 1. The van der Waals surface area contributed by atoms with Crippen molar-refractivity contribution in [3.8, 4) is 0 Å². The Morgan fingerprint density at radius 1 is 1.32 bits per heavy atom. The molecule has 1 saturated heterocycles. The molecule has 11 heteroatoms. The third kappa shape index (κ3) is 7.93. The fourth-order valence-corrected chi connectivity index (χ4v) is 4.97. The van der Waals surface area contributed by atoms with Crippen LogP contribution in [-0.2, 0) is 32.7 Å². The van der Waals surface area contributed by atoms with Crippen molar-refractivity contribution in [1.82, 2.24) is 5.32 Å². The molecule has 0 aromatic rings. The quantitative estimate of drug-likeness (QED) is 0.330. The minimum atomic E-state index is -4.01. The molecule has 28 heavy (non-hydrogen) atoms. The molecule has 1 unspecified atom stereocenters. The zero-order valence-corrected chi connectivity index (χ0v) is 19.1. The van der Waals surface area contributed by atoms with Crippen LogP contribution >= 0.6 is 19.9 Å². The number of ether oxygens (including phenoxy) is 1. The summed E-state index contributed by atoms with van der Waals surface area (Å²) >= 11 is 1.11. The topological polar surface area (TPSA) is 120 Å². The number of carbonyl (C=O) groups is 3. The maximum atomic E-state index is 12.5. The molecule has 0 saturated carbocycles. The molecule has 0 spiro atoms. The van der Waals surface area contributed by atoms with Gasteiger partial charge in [-0.15, -0.1) is 0 Å². The first-order valence-electron chi connectivity index (χ1n) is 9.00. The van der Waals surface area contributed by atoms with E-state index in [2.05, 4.69) is 10.1 Å². The van der Waals surface area contributed by atoms with Gasteiger partial charge in [0.15, 0.2) is 0 Å². The monoisotopic (exact) mass is 441 g/mol. The number of thioether (sulfide) groups is 1. The molecule has 1 aliphatic rings. The van der Waals surface area contributed by atoms with Gasteiger partial charge in [-0.25, -0.2) is 0 Å². The van der Waals surface area contributed by atoms with Gasteiger partial charge in [0.25, 0.3) is 0 Å². The van der Waals surface area contributed by atoms with E-state index in [0.717, 1.165) is 11.8 Å². The summed E-state index contributed by atoms with van der Waals surface area (Å²) in [6, 6.07) is 0. The fraction of sp³-hybridized carbons (Fsp3) is 0.824. The van der Waals surface area contributed by atoms with E-state index in [1.165, 1.54) is 7.11 Å². The number of hydrogen-bond acceptors (Lipinski definition) is 9. The molecule has 0 aliphatic carbocycles. The molecule has 1 amide bonds. The van der Waals surface area contributed by atoms with Crippen LogP contribution in [0.15, 0.2) is 0 Å². The first-order chi connectivity index (χ1) is 12.8. The molecule has 164 valence electrons. The van der Waals surface area contributed by atoms with E-state index < -0.39 is 37.0 Å². The molecule has 0 aromatic carbocycles. The summed E-state index contributed by atoms with van der Waals surface area (Å²) < 4.78 is 20.8. The summed E-state index contributed by atoms with van der Waals surface area (Å²) in [6.07, 6.45) is -0.970. The standard InChI is InChI=1S/C17H32NO8PS/c1-16(2,3)15(21)28-10-9-24-27(22)25-11-17(4,5)13(26-27)14(20)18-8-7-12(19)23-6/h13,22,27H,7-11H2,1-6H3,(H,18,20). The Balaban J connectivity index is 2.57. The Kier molecular flexibility index (Phi) is 9.31. The number of carbonyl (C=O) groups excluding carboxylic acids is 3. The second-order valence-electron chi connectivity index (χ2n) is 8.15. The molecule has 0 bridgehead atoms. The van der Waals surface area contributed by atoms with Gasteiger partial charge in [0.1, 0.15) is 0 Å². The van der Waals surface area contributed by atoms with Crippen LogP contribution in [0, 0.1) is 10.8 Å². The summed E-state index contributed by atoms with van der Waals surface area (Å²) in [4.78, 5) is 46.0. The third-order valence-electron chi connectivity index (χ3n) is 3.91. The first kappa shape index (κ1) is 25.3. The Labute approximate surface area is 170 Å². The van der Waals surface area contributed by atoms with Crippen molar-refractivity contribution < 1.29 is 37.6 Å². The van der Waals surface area contributed by atoms with Gasteiger partial charge in [-0.1, -0.05) is 0 Å². The molecule has 2 N–H and O–H groups in total. The maximum absolute atomic E-state index is 12.5. The van der Waals surface area contributed by atoms with Crippen molar-refractivity contribution in [2.75, 3.05) is 32.6 Å². The molecule has 1 rings (SSSR count). The van der Waals surface area contributed by atoms with Crippen LogP contribution in [0.1, 0.15) is 41.0 Å². The normalized spacial score (nSPS) is 22.2. The second kappa shape index (κ2) is 10.3. The van der Waals surface area contributed by atoms with Crippen LogP contribution in [0.4, 0.5) is 0 Å². The van der Waals surface area contributed by atoms with E-state index in [1.807, 2.05) is 20.8 Å². The van der Waals surface area contributed by atoms with Crippen LogP contribution in [0.2, 0.25) is 0 Å². The van der Waals surface area contributed by atoms with Crippen molar-refractivity contribution in [3.63, 3.8) is 0 Å². The molecule has 1 fully saturated rings. The van der Waals surface area contributed by atoms with Crippen molar-refractivity contribution in [3.05, 3.63) is 0 Å². The zero-order valence-electron chi connectivity index (χ0n) is 17.3. The van der Waals surface area contributed by atoms with Gasteiger partial charge in [-0.05, 0) is 0 Å². The van der Waals surface area contributed by atoms with E-state index in [4.69, 9.17) is 13.6 Å². The molecule has 0 aromatic heterocycles. The fourth-order valence-electron chi connectivity index (χ4n) is 2.18. The Morgan fingerprint density at radius 2 is 1.96 bits per heavy atom. The van der Waals surface area contributed by atoms with Crippen molar-refractivity contribution in [2.45, 2.75) is 47.1 Å². The Hall–Kier alpha value is -0.770. The Bertz CT molecular complexity index is 580. The SMILES string of the molecule is COC(=O)CCNC(=O)C1O[PH](O)(OCCSC(=O)C(C)(C)C)OCC1(C)C. The summed E-state index contributed by atoms with van der Waals surface area (Å²) in [5, 5.41) is 2.61. The average molecular weight is 441 g/mol. The van der Waals surface area contributed by atoms with Gasteiger partial charge in [-0.3, -0.25) is 0 Å². The molecule has 1 atom stereocenters. The molecular weight excluding hydrogens is 409 g/mol. The summed E-state index contributed by atoms with van der Waals surface area (Å²) in [7, 11) is -2.75. The second-order valence-corrected chi connectivity index (χ2v) is 11.1. The van der Waals surface area contributed by atoms with Gasteiger partial charge in [0.2, 0.25) is 0 Å². The van der Waals surface area contributed by atoms with Crippen molar-refractivity contribution in [1.29, 1.82) is 0 Å². The van der Waals surface area contributed by atoms with Crippen LogP contribution in [-0.4, -0.2) is 60.6 Å². The van der Waals surface area contributed by atoms with Gasteiger partial charge in [0.05, 0.1) is 0 Å². The van der Waals surface area contributed by atoms with Crippen LogP contribution < -0.4 is 5.32 Å². The van der Waals surface area contributed by atoms with Crippen molar-refractivity contribution in [2.24, 2.45) is 10.8 Å².